The Bertz CT molecular complexity index is 479. The van der Waals surface area contributed by atoms with Crippen LogP contribution in [-0.2, 0) is 13.6 Å². The number of nitrogens with zero attached hydrogens (tertiary/aromatic N) is 3. The third kappa shape index (κ3) is 2.20. The van der Waals surface area contributed by atoms with Crippen molar-refractivity contribution in [2.75, 3.05) is 13.1 Å². The fraction of sp³-hybridized carbons (Fsp3) is 0.692. The first-order valence-electron chi connectivity index (χ1n) is 6.84. The molecule has 1 aliphatic carbocycles. The monoisotopic (exact) mass is 263 g/mol. The number of hydrogen-bond acceptors (Lipinski definition) is 3. The van der Waals surface area contributed by atoms with E-state index in [-0.39, 0.29) is 17.5 Å². The van der Waals surface area contributed by atoms with Crippen LogP contribution in [0.15, 0.2) is 12.5 Å². The number of hydrogen-bond donors (Lipinski definition) is 2. The van der Waals surface area contributed by atoms with Gasteiger partial charge >= 0.3 is 6.03 Å². The summed E-state index contributed by atoms with van der Waals surface area (Å²) in [6.45, 7) is 1.95. The van der Waals surface area contributed by atoms with Crippen LogP contribution in [0.5, 0.6) is 0 Å². The van der Waals surface area contributed by atoms with Crippen LogP contribution in [0.1, 0.15) is 25.0 Å². The second-order valence-electron chi connectivity index (χ2n) is 5.89. The fourth-order valence-corrected chi connectivity index (χ4v) is 3.14. The molecule has 1 saturated carbocycles. The maximum Gasteiger partial charge on any atom is 0.317 e. The van der Waals surface area contributed by atoms with Gasteiger partial charge in [0.2, 0.25) is 0 Å². The van der Waals surface area contributed by atoms with Crippen LogP contribution in [0.4, 0.5) is 4.79 Å². The zero-order chi connectivity index (χ0) is 13.5. The van der Waals surface area contributed by atoms with Gasteiger partial charge in [-0.05, 0) is 12.8 Å². The molecule has 2 heterocycles. The summed E-state index contributed by atoms with van der Waals surface area (Å²) in [5, 5.41) is 2.92. The summed E-state index contributed by atoms with van der Waals surface area (Å²) >= 11 is 0. The number of carbonyl (C=O) groups is 1. The first-order chi connectivity index (χ1) is 9.09. The van der Waals surface area contributed by atoms with Gasteiger partial charge in [-0.25, -0.2) is 9.78 Å². The van der Waals surface area contributed by atoms with E-state index in [0.29, 0.717) is 13.1 Å². The van der Waals surface area contributed by atoms with Crippen molar-refractivity contribution in [3.05, 3.63) is 18.2 Å². The molecule has 1 aromatic heterocycles. The second kappa shape index (κ2) is 4.52. The van der Waals surface area contributed by atoms with E-state index in [2.05, 4.69) is 10.3 Å². The summed E-state index contributed by atoms with van der Waals surface area (Å²) in [6.07, 6.45) is 7.22. The molecule has 2 amide bonds. The highest BCUT2D eigenvalue weighted by atomic mass is 16.2. The highest BCUT2D eigenvalue weighted by Crippen LogP contribution is 2.47. The number of carbonyl (C=O) groups excluding carboxylic acids is 1. The second-order valence-corrected chi connectivity index (χ2v) is 5.89. The molecule has 1 unspecified atom stereocenters. The topological polar surface area (TPSA) is 76.2 Å². The molecule has 19 heavy (non-hydrogen) atoms. The molecule has 1 atom stereocenters. The van der Waals surface area contributed by atoms with E-state index in [4.69, 9.17) is 5.73 Å². The molecule has 0 bridgehead atoms. The SMILES string of the molecule is Cn1cnc(CNC(=O)N2CC(N)C3(CCC3)C2)c1. The first-order valence-corrected chi connectivity index (χ1v) is 6.84. The van der Waals surface area contributed by atoms with Crippen LogP contribution in [0.25, 0.3) is 0 Å². The van der Waals surface area contributed by atoms with Crippen molar-refractivity contribution < 1.29 is 4.79 Å². The zero-order valence-corrected chi connectivity index (χ0v) is 11.3. The lowest BCUT2D eigenvalue weighted by Gasteiger charge is -2.41. The van der Waals surface area contributed by atoms with E-state index in [1.807, 2.05) is 22.7 Å². The highest BCUT2D eigenvalue weighted by Gasteiger charge is 2.49. The average Bonchev–Trinajstić information content (AvgIpc) is 2.89. The molecule has 6 heteroatoms. The normalized spacial score (nSPS) is 24.5. The van der Waals surface area contributed by atoms with Crippen molar-refractivity contribution in [1.82, 2.24) is 19.8 Å². The predicted molar refractivity (Wildman–Crippen MR) is 71.3 cm³/mol. The quantitative estimate of drug-likeness (QED) is 0.813. The number of nitrogens with two attached hydrogens (primary N) is 1. The van der Waals surface area contributed by atoms with E-state index in [1.165, 1.54) is 6.42 Å². The van der Waals surface area contributed by atoms with Crippen molar-refractivity contribution in [2.24, 2.45) is 18.2 Å². The number of imidazole rings is 1. The molecule has 2 aliphatic rings. The van der Waals surface area contributed by atoms with Gasteiger partial charge in [-0.15, -0.1) is 0 Å². The van der Waals surface area contributed by atoms with Crippen molar-refractivity contribution in [3.8, 4) is 0 Å². The summed E-state index contributed by atoms with van der Waals surface area (Å²) in [6, 6.07) is 0.117. The van der Waals surface area contributed by atoms with E-state index in [1.54, 1.807) is 6.33 Å². The Morgan fingerprint density at radius 2 is 2.42 bits per heavy atom. The summed E-state index contributed by atoms with van der Waals surface area (Å²) in [5.74, 6) is 0. The molecule has 0 radical (unpaired) electrons. The third-order valence-corrected chi connectivity index (χ3v) is 4.53. The molecule has 3 N–H and O–H groups in total. The van der Waals surface area contributed by atoms with Crippen LogP contribution in [0, 0.1) is 5.41 Å². The number of rotatable bonds is 2. The van der Waals surface area contributed by atoms with Gasteiger partial charge in [-0.1, -0.05) is 6.42 Å². The maximum atomic E-state index is 12.1. The molecule has 3 rings (SSSR count). The van der Waals surface area contributed by atoms with Crippen LogP contribution >= 0.6 is 0 Å². The molecule has 1 aromatic rings. The Balaban J connectivity index is 1.54. The lowest BCUT2D eigenvalue weighted by atomic mass is 9.66. The van der Waals surface area contributed by atoms with Gasteiger partial charge in [-0.3, -0.25) is 0 Å². The Labute approximate surface area is 113 Å². The van der Waals surface area contributed by atoms with E-state index in [9.17, 15) is 4.79 Å². The standard InChI is InChI=1S/C13H21N5O/c1-17-6-10(16-9-17)5-15-12(19)18-7-11(14)13(8-18)3-2-4-13/h6,9,11H,2-5,7-8,14H2,1H3,(H,15,19). The fourth-order valence-electron chi connectivity index (χ4n) is 3.14. The molecular weight excluding hydrogens is 242 g/mol. The van der Waals surface area contributed by atoms with E-state index < -0.39 is 0 Å². The molecule has 6 nitrogen and oxygen atoms in total. The van der Waals surface area contributed by atoms with Gasteiger partial charge in [0, 0.05) is 37.8 Å². The third-order valence-electron chi connectivity index (χ3n) is 4.53. The lowest BCUT2D eigenvalue weighted by molar-refractivity contribution is 0.125. The largest absolute Gasteiger partial charge is 0.340 e. The average molecular weight is 263 g/mol. The lowest BCUT2D eigenvalue weighted by Crippen LogP contribution is -2.45. The molecular formula is C13H21N5O. The van der Waals surface area contributed by atoms with Crippen LogP contribution in [0.3, 0.4) is 0 Å². The summed E-state index contributed by atoms with van der Waals surface area (Å²) in [4.78, 5) is 18.2. The number of amides is 2. The summed E-state index contributed by atoms with van der Waals surface area (Å²) in [7, 11) is 1.91. The van der Waals surface area contributed by atoms with Gasteiger partial charge in [0.25, 0.3) is 0 Å². The van der Waals surface area contributed by atoms with Crippen molar-refractivity contribution in [1.29, 1.82) is 0 Å². The summed E-state index contributed by atoms with van der Waals surface area (Å²) < 4.78 is 1.87. The number of aromatic nitrogens is 2. The van der Waals surface area contributed by atoms with Gasteiger partial charge in [0.15, 0.2) is 0 Å². The van der Waals surface area contributed by atoms with Crippen molar-refractivity contribution >= 4 is 6.03 Å². The number of nitrogens with one attached hydrogen (secondary N) is 1. The molecule has 2 fully saturated rings. The highest BCUT2D eigenvalue weighted by molar-refractivity contribution is 5.74. The minimum Gasteiger partial charge on any atom is -0.340 e. The van der Waals surface area contributed by atoms with Crippen molar-refractivity contribution in [3.63, 3.8) is 0 Å². The van der Waals surface area contributed by atoms with Crippen LogP contribution in [0.2, 0.25) is 0 Å². The van der Waals surface area contributed by atoms with Crippen molar-refractivity contribution in [2.45, 2.75) is 31.8 Å². The van der Waals surface area contributed by atoms with Crippen LogP contribution < -0.4 is 11.1 Å². The Kier molecular flexibility index (Phi) is 2.97. The number of likely N-dealkylation sites (tertiary alicyclic amines) is 1. The first kappa shape index (κ1) is 12.5. The minimum absolute atomic E-state index is 0.0233. The Morgan fingerprint density at radius 3 is 2.95 bits per heavy atom. The number of aryl methyl sites for hydroxylation is 1. The molecule has 104 valence electrons. The Morgan fingerprint density at radius 1 is 1.63 bits per heavy atom. The van der Waals surface area contributed by atoms with E-state index in [0.717, 1.165) is 25.1 Å². The number of urea groups is 1. The zero-order valence-electron chi connectivity index (χ0n) is 11.3. The molecule has 1 spiro atoms. The smallest absolute Gasteiger partial charge is 0.317 e. The van der Waals surface area contributed by atoms with Gasteiger partial charge in [0.05, 0.1) is 18.6 Å². The minimum atomic E-state index is -0.0233. The Hall–Kier alpha value is -1.56. The summed E-state index contributed by atoms with van der Waals surface area (Å²) in [5.41, 5.74) is 7.26. The predicted octanol–water partition coefficient (Wildman–Crippen LogP) is 0.443. The van der Waals surface area contributed by atoms with Gasteiger partial charge < -0.3 is 20.5 Å². The van der Waals surface area contributed by atoms with Gasteiger partial charge in [-0.2, -0.15) is 0 Å². The van der Waals surface area contributed by atoms with Gasteiger partial charge in [0.1, 0.15) is 0 Å². The maximum absolute atomic E-state index is 12.1. The van der Waals surface area contributed by atoms with E-state index >= 15 is 0 Å². The molecule has 1 aliphatic heterocycles. The molecule has 1 saturated heterocycles. The van der Waals surface area contributed by atoms with Crippen LogP contribution in [-0.4, -0.2) is 39.6 Å². The molecule has 0 aromatic carbocycles.